The smallest absolute Gasteiger partial charge is 0.321 e. The maximum absolute atomic E-state index is 14.2. The van der Waals surface area contributed by atoms with Crippen LogP contribution in [0.15, 0.2) is 42.5 Å². The number of nitrogens with zero attached hydrogens (tertiary/aromatic N) is 2. The van der Waals surface area contributed by atoms with Crippen LogP contribution in [0.4, 0.5) is 19.3 Å². The lowest BCUT2D eigenvalue weighted by molar-refractivity contribution is -0.0491. The lowest BCUT2D eigenvalue weighted by Crippen LogP contribution is -2.69. The van der Waals surface area contributed by atoms with Gasteiger partial charge in [0, 0.05) is 48.9 Å². The maximum atomic E-state index is 14.2. The minimum atomic E-state index is -0.492. The number of rotatable bonds is 5. The second-order valence-electron chi connectivity index (χ2n) is 7.65. The van der Waals surface area contributed by atoms with Gasteiger partial charge in [-0.15, -0.1) is 0 Å². The van der Waals surface area contributed by atoms with Crippen molar-refractivity contribution in [2.45, 2.75) is 37.9 Å². The van der Waals surface area contributed by atoms with Crippen molar-refractivity contribution in [3.63, 3.8) is 0 Å². The number of urea groups is 1. The number of aliphatic hydroxyl groups excluding tert-OH is 1. The Hall–Kier alpha value is -2.51. The van der Waals surface area contributed by atoms with Gasteiger partial charge < -0.3 is 10.4 Å². The molecule has 7 heteroatoms. The van der Waals surface area contributed by atoms with E-state index in [-0.39, 0.29) is 42.7 Å². The van der Waals surface area contributed by atoms with Gasteiger partial charge in [0.2, 0.25) is 0 Å². The molecule has 0 aromatic heterocycles. The zero-order valence-corrected chi connectivity index (χ0v) is 16.3. The van der Waals surface area contributed by atoms with Crippen molar-refractivity contribution in [3.8, 4) is 0 Å². The van der Waals surface area contributed by atoms with Crippen LogP contribution in [0.3, 0.4) is 0 Å². The second-order valence-corrected chi connectivity index (χ2v) is 7.65. The molecule has 0 unspecified atom stereocenters. The Morgan fingerprint density at radius 1 is 1.24 bits per heavy atom. The number of para-hydroxylation sites is 1. The molecule has 0 radical (unpaired) electrons. The molecule has 0 aliphatic carbocycles. The van der Waals surface area contributed by atoms with Crippen LogP contribution >= 0.6 is 0 Å². The normalized spacial score (nSPS) is 23.2. The van der Waals surface area contributed by atoms with Gasteiger partial charge >= 0.3 is 6.03 Å². The van der Waals surface area contributed by atoms with Crippen molar-refractivity contribution in [1.29, 1.82) is 0 Å². The van der Waals surface area contributed by atoms with Crippen molar-refractivity contribution in [2.75, 3.05) is 24.6 Å². The minimum Gasteiger partial charge on any atom is -0.395 e. The third-order valence-corrected chi connectivity index (χ3v) is 5.96. The van der Waals surface area contributed by atoms with Gasteiger partial charge in [-0.1, -0.05) is 25.1 Å². The molecule has 2 N–H and O–H groups in total. The molecule has 5 nitrogen and oxygen atoms in total. The molecule has 0 spiro atoms. The predicted octanol–water partition coefficient (Wildman–Crippen LogP) is 3.23. The van der Waals surface area contributed by atoms with E-state index in [1.54, 1.807) is 4.90 Å². The van der Waals surface area contributed by atoms with Gasteiger partial charge in [0.15, 0.2) is 0 Å². The van der Waals surface area contributed by atoms with Crippen molar-refractivity contribution in [2.24, 2.45) is 0 Å². The topological polar surface area (TPSA) is 55.8 Å². The molecule has 2 aliphatic rings. The van der Waals surface area contributed by atoms with E-state index < -0.39 is 11.6 Å². The summed E-state index contributed by atoms with van der Waals surface area (Å²) >= 11 is 0. The molecule has 29 heavy (non-hydrogen) atoms. The SMILES string of the molecule is CCCNC(=O)N1C[C@H]2[C@@H](c3ccccc31)[C@H](CO)N2Cc1cc(F)ccc1F. The number of hydrogen-bond acceptors (Lipinski definition) is 3. The summed E-state index contributed by atoms with van der Waals surface area (Å²) in [5.41, 5.74) is 2.10. The van der Waals surface area contributed by atoms with Crippen LogP contribution in [0.2, 0.25) is 0 Å². The zero-order valence-electron chi connectivity index (χ0n) is 16.3. The zero-order chi connectivity index (χ0) is 20.5. The first-order valence-electron chi connectivity index (χ1n) is 10.00. The summed E-state index contributed by atoms with van der Waals surface area (Å²) in [6.07, 6.45) is 0.838. The fourth-order valence-corrected chi connectivity index (χ4v) is 4.58. The number of carbonyl (C=O) groups excluding carboxylic acids is 1. The quantitative estimate of drug-likeness (QED) is 0.809. The molecule has 1 saturated heterocycles. The van der Waals surface area contributed by atoms with Gasteiger partial charge in [-0.2, -0.15) is 0 Å². The van der Waals surface area contributed by atoms with Crippen LogP contribution in [0, 0.1) is 11.6 Å². The molecule has 154 valence electrons. The highest BCUT2D eigenvalue weighted by Crippen LogP contribution is 2.48. The minimum absolute atomic E-state index is 0.0445. The van der Waals surface area contributed by atoms with Gasteiger partial charge in [0.05, 0.1) is 6.61 Å². The summed E-state index contributed by atoms with van der Waals surface area (Å²) in [5, 5.41) is 12.9. The first-order valence-corrected chi connectivity index (χ1v) is 10.00. The predicted molar refractivity (Wildman–Crippen MR) is 107 cm³/mol. The number of halogens is 2. The van der Waals surface area contributed by atoms with Gasteiger partial charge in [-0.05, 0) is 36.2 Å². The summed E-state index contributed by atoms with van der Waals surface area (Å²) in [4.78, 5) is 16.4. The molecule has 0 saturated carbocycles. The van der Waals surface area contributed by atoms with Crippen molar-refractivity contribution < 1.29 is 18.7 Å². The van der Waals surface area contributed by atoms with Crippen LogP contribution < -0.4 is 10.2 Å². The highest BCUT2D eigenvalue weighted by molar-refractivity contribution is 5.94. The molecule has 2 aliphatic heterocycles. The van der Waals surface area contributed by atoms with E-state index in [4.69, 9.17) is 0 Å². The molecule has 0 bridgehead atoms. The van der Waals surface area contributed by atoms with Crippen LogP contribution in [0.5, 0.6) is 0 Å². The summed E-state index contributed by atoms with van der Waals surface area (Å²) in [5.74, 6) is -0.920. The van der Waals surface area contributed by atoms with Gasteiger partial charge in [0.1, 0.15) is 11.6 Å². The molecule has 1 fully saturated rings. The molecule has 2 amide bonds. The molecule has 2 aromatic rings. The summed E-state index contributed by atoms with van der Waals surface area (Å²) in [7, 11) is 0. The van der Waals surface area contributed by atoms with Gasteiger partial charge in [-0.25, -0.2) is 13.6 Å². The number of anilines is 1. The largest absolute Gasteiger partial charge is 0.395 e. The van der Waals surface area contributed by atoms with Gasteiger partial charge in [-0.3, -0.25) is 9.80 Å². The summed E-state index contributed by atoms with van der Waals surface area (Å²) in [6, 6.07) is 10.7. The maximum Gasteiger partial charge on any atom is 0.321 e. The van der Waals surface area contributed by atoms with E-state index in [9.17, 15) is 18.7 Å². The number of hydrogen-bond donors (Lipinski definition) is 2. The highest BCUT2D eigenvalue weighted by Gasteiger charge is 2.53. The molecular formula is C22H25F2N3O2. The molecule has 2 heterocycles. The number of aliphatic hydroxyl groups is 1. The fourth-order valence-electron chi connectivity index (χ4n) is 4.58. The molecule has 3 atom stereocenters. The number of nitrogens with one attached hydrogen (secondary N) is 1. The van der Waals surface area contributed by atoms with E-state index in [2.05, 4.69) is 5.32 Å². The Balaban J connectivity index is 1.64. The monoisotopic (exact) mass is 401 g/mol. The average molecular weight is 401 g/mol. The van der Waals surface area contributed by atoms with Crippen molar-refractivity contribution in [1.82, 2.24) is 10.2 Å². The Kier molecular flexibility index (Phi) is 5.52. The summed E-state index contributed by atoms with van der Waals surface area (Å²) < 4.78 is 27.8. The molecule has 2 aromatic carbocycles. The Bertz CT molecular complexity index is 907. The Morgan fingerprint density at radius 3 is 2.79 bits per heavy atom. The van der Waals surface area contributed by atoms with Crippen LogP contribution in [0.25, 0.3) is 0 Å². The van der Waals surface area contributed by atoms with E-state index in [1.807, 2.05) is 36.1 Å². The average Bonchev–Trinajstić information content (AvgIpc) is 2.72. The Morgan fingerprint density at radius 2 is 2.03 bits per heavy atom. The van der Waals surface area contributed by atoms with Crippen molar-refractivity contribution >= 4 is 11.7 Å². The van der Waals surface area contributed by atoms with E-state index >= 15 is 0 Å². The highest BCUT2D eigenvalue weighted by atomic mass is 19.1. The van der Waals surface area contributed by atoms with E-state index in [0.717, 1.165) is 29.8 Å². The van der Waals surface area contributed by atoms with E-state index in [0.29, 0.717) is 13.1 Å². The van der Waals surface area contributed by atoms with Crippen LogP contribution in [-0.2, 0) is 6.54 Å². The first-order chi connectivity index (χ1) is 14.0. The number of likely N-dealkylation sites (tertiary alicyclic amines) is 1. The molecule has 4 rings (SSSR count). The third-order valence-electron chi connectivity index (χ3n) is 5.96. The number of amides is 2. The fraction of sp³-hybridized carbons (Fsp3) is 0.409. The van der Waals surface area contributed by atoms with E-state index in [1.165, 1.54) is 6.07 Å². The lowest BCUT2D eigenvalue weighted by Gasteiger charge is -2.59. The number of benzene rings is 2. The second kappa shape index (κ2) is 8.08. The first kappa shape index (κ1) is 19.8. The van der Waals surface area contributed by atoms with Crippen LogP contribution in [-0.4, -0.2) is 47.8 Å². The molecular weight excluding hydrogens is 376 g/mol. The van der Waals surface area contributed by atoms with Crippen molar-refractivity contribution in [3.05, 3.63) is 65.2 Å². The summed E-state index contributed by atoms with van der Waals surface area (Å²) in [6.45, 7) is 3.11. The lowest BCUT2D eigenvalue weighted by atomic mass is 9.72. The number of fused-ring (bicyclic) bond motifs is 3. The Labute approximate surface area is 168 Å². The van der Waals surface area contributed by atoms with Gasteiger partial charge in [0.25, 0.3) is 0 Å². The third kappa shape index (κ3) is 3.49. The standard InChI is InChI=1S/C22H25F2N3O2/c1-2-9-25-22(29)27-12-19-21(16-5-3-4-6-18(16)27)20(13-28)26(19)11-14-10-15(23)7-8-17(14)24/h3-8,10,19-21,28H,2,9,11-13H2,1H3,(H,25,29)/t19-,20-,21+/m0/s1. The number of carbonyl (C=O) groups is 1. The van der Waals surface area contributed by atoms with Crippen LogP contribution in [0.1, 0.15) is 30.4 Å².